The predicted molar refractivity (Wildman–Crippen MR) is 267 cm³/mol. The number of carbonyl (C=O) groups is 8. The highest BCUT2D eigenvalue weighted by Gasteiger charge is 2.31. The number of nitrogens with zero attached hydrogens (tertiary/aromatic N) is 2. The lowest BCUT2D eigenvalue weighted by molar-refractivity contribution is -0.241. The van der Waals surface area contributed by atoms with Crippen LogP contribution in [0.5, 0.6) is 28.7 Å². The van der Waals surface area contributed by atoms with Gasteiger partial charge in [-0.15, -0.1) is 0 Å². The van der Waals surface area contributed by atoms with Gasteiger partial charge in [0.1, 0.15) is 28.7 Å². The number of benzene rings is 5. The van der Waals surface area contributed by atoms with E-state index in [0.717, 1.165) is 35.9 Å². The minimum Gasteiger partial charge on any atom is -0.463 e. The van der Waals surface area contributed by atoms with Crippen LogP contribution >= 0.6 is 23.5 Å². The molecule has 386 valence electrons. The van der Waals surface area contributed by atoms with Gasteiger partial charge in [0.25, 0.3) is 5.70 Å². The third kappa shape index (κ3) is 16.3. The molecule has 0 fully saturated rings. The molecule has 0 saturated heterocycles. The Hall–Kier alpha value is -9.48. The molecule has 0 atom stereocenters. The molecule has 20 nitrogen and oxygen atoms in total. The molecular weight excluding hydrogens is 1030 g/mol. The number of ether oxygens (including phenoxy) is 8. The largest absolute Gasteiger partial charge is 0.513 e. The van der Waals surface area contributed by atoms with Gasteiger partial charge in [0, 0.05) is 12.5 Å². The maximum atomic E-state index is 13.4. The number of carbonyl (C=O) groups excluding carboxylic acids is 8. The molecular formula is C54H40N2O18S2. The van der Waals surface area contributed by atoms with Crippen molar-refractivity contribution in [3.8, 4) is 34.8 Å². The second-order valence-electron chi connectivity index (χ2n) is 15.1. The van der Waals surface area contributed by atoms with Crippen LogP contribution in [0.25, 0.3) is 4.85 Å². The van der Waals surface area contributed by atoms with E-state index in [4.69, 9.17) is 49.5 Å². The van der Waals surface area contributed by atoms with Gasteiger partial charge < -0.3 is 37.9 Å². The number of nitriles is 1. The number of allylic oxidation sites excluding steroid dienone is 1. The van der Waals surface area contributed by atoms with Gasteiger partial charge in [-0.3, -0.25) is 9.68 Å². The molecule has 0 aliphatic carbocycles. The third-order valence-electron chi connectivity index (χ3n) is 9.87. The molecule has 0 aromatic heterocycles. The maximum Gasteiger partial charge on any atom is 0.513 e. The molecule has 0 bridgehead atoms. The van der Waals surface area contributed by atoms with E-state index in [9.17, 15) is 43.6 Å². The summed E-state index contributed by atoms with van der Waals surface area (Å²) in [5.41, 5.74) is 0.189. The van der Waals surface area contributed by atoms with Crippen LogP contribution in [0.15, 0.2) is 154 Å². The van der Waals surface area contributed by atoms with E-state index in [1.807, 2.05) is 6.07 Å². The van der Waals surface area contributed by atoms with Gasteiger partial charge in [-0.2, -0.15) is 4.89 Å². The van der Waals surface area contributed by atoms with Crippen molar-refractivity contribution in [1.29, 1.82) is 5.26 Å². The van der Waals surface area contributed by atoms with Crippen LogP contribution in [0.2, 0.25) is 0 Å². The molecule has 5 aromatic carbocycles. The lowest BCUT2D eigenvalue weighted by atomic mass is 10.1. The van der Waals surface area contributed by atoms with Gasteiger partial charge in [0.15, 0.2) is 0 Å². The van der Waals surface area contributed by atoms with Crippen molar-refractivity contribution in [2.75, 3.05) is 19.8 Å². The number of rotatable bonds is 23. The molecule has 76 heavy (non-hydrogen) atoms. The van der Waals surface area contributed by atoms with Crippen LogP contribution in [0.4, 0.5) is 4.79 Å². The summed E-state index contributed by atoms with van der Waals surface area (Å²) in [4.78, 5) is 113. The summed E-state index contributed by atoms with van der Waals surface area (Å²) < 4.78 is 42.2. The Bertz CT molecular complexity index is 3120. The van der Waals surface area contributed by atoms with Gasteiger partial charge in [-0.1, -0.05) is 36.7 Å². The van der Waals surface area contributed by atoms with E-state index in [1.54, 1.807) is 0 Å². The summed E-state index contributed by atoms with van der Waals surface area (Å²) in [6.07, 6.45) is 3.03. The van der Waals surface area contributed by atoms with Crippen LogP contribution in [0.3, 0.4) is 0 Å². The Morgan fingerprint density at radius 2 is 0.961 bits per heavy atom. The fraction of sp³-hybridized carbons (Fsp3) is 0.148. The topological polar surface area (TPSA) is 257 Å². The third-order valence-corrected chi connectivity index (χ3v) is 12.5. The van der Waals surface area contributed by atoms with Crippen molar-refractivity contribution in [1.82, 2.24) is 0 Å². The Labute approximate surface area is 441 Å². The zero-order chi connectivity index (χ0) is 54.4. The van der Waals surface area contributed by atoms with Gasteiger partial charge in [-0.25, -0.2) is 43.7 Å². The summed E-state index contributed by atoms with van der Waals surface area (Å²) in [6, 6.07) is 26.4. The number of esters is 6. The lowest BCUT2D eigenvalue weighted by Crippen LogP contribution is -2.13. The Balaban J connectivity index is 1.00. The van der Waals surface area contributed by atoms with Crippen molar-refractivity contribution in [3.05, 3.63) is 184 Å². The Kier molecular flexibility index (Phi) is 20.6. The molecule has 0 N–H and O–H groups in total. The first kappa shape index (κ1) is 55.8. The van der Waals surface area contributed by atoms with Crippen molar-refractivity contribution < 1.29 is 86.0 Å². The summed E-state index contributed by atoms with van der Waals surface area (Å²) in [7, 11) is 0. The first-order valence-corrected chi connectivity index (χ1v) is 24.0. The quantitative estimate of drug-likeness (QED) is 0.00503. The Morgan fingerprint density at radius 3 is 1.41 bits per heavy atom. The molecule has 5 aromatic rings. The average Bonchev–Trinajstić information content (AvgIpc) is 3.88. The van der Waals surface area contributed by atoms with Crippen LogP contribution in [0, 0.1) is 17.9 Å². The molecule has 6 rings (SSSR count). The van der Waals surface area contributed by atoms with E-state index < -0.39 is 47.9 Å². The van der Waals surface area contributed by atoms with E-state index in [2.05, 4.69) is 22.7 Å². The highest BCUT2D eigenvalue weighted by molar-refractivity contribution is 8.24. The fourth-order valence-corrected chi connectivity index (χ4v) is 8.58. The minimum atomic E-state index is -0.965. The van der Waals surface area contributed by atoms with Crippen molar-refractivity contribution in [3.63, 3.8) is 0 Å². The number of thioether (sulfide) groups is 2. The SMILES string of the molecule is [C-]#[N+]/C(C#N)=C1/Sc2c(OC(=O)c3ccc(OC(=O)c4ccc(OC(=O)OCCCCOC(=O)C=C)cc4)cc3)ccc(OC(=O)c3ccc(OC(=O)c4ccc(C(=O)OOCCCCC(=O)OC=C)cc4)cc3)c2S1. The molecule has 0 unspecified atom stereocenters. The summed E-state index contributed by atoms with van der Waals surface area (Å²) in [5.74, 6) is -4.63. The average molecular weight is 1070 g/mol. The summed E-state index contributed by atoms with van der Waals surface area (Å²) in [6.45, 7) is 14.3. The summed E-state index contributed by atoms with van der Waals surface area (Å²) >= 11 is 1.94. The minimum absolute atomic E-state index is 0.0249. The second kappa shape index (κ2) is 28.1. The van der Waals surface area contributed by atoms with Gasteiger partial charge >= 0.3 is 47.9 Å². The van der Waals surface area contributed by atoms with Crippen LogP contribution in [-0.4, -0.2) is 67.8 Å². The molecule has 0 spiro atoms. The van der Waals surface area contributed by atoms with Gasteiger partial charge in [0.2, 0.25) is 0 Å². The van der Waals surface area contributed by atoms with Crippen LogP contribution in [0.1, 0.15) is 83.9 Å². The number of hydrogen-bond donors (Lipinski definition) is 0. The van der Waals surface area contributed by atoms with Crippen LogP contribution < -0.4 is 23.7 Å². The first-order valence-electron chi connectivity index (χ1n) is 22.4. The molecule has 0 radical (unpaired) electrons. The summed E-state index contributed by atoms with van der Waals surface area (Å²) in [5, 5.41) is 9.63. The van der Waals surface area contributed by atoms with Crippen molar-refractivity contribution in [2.45, 2.75) is 41.9 Å². The molecule has 0 saturated carbocycles. The van der Waals surface area contributed by atoms with E-state index in [1.165, 1.54) is 109 Å². The van der Waals surface area contributed by atoms with Crippen molar-refractivity contribution >= 4 is 71.5 Å². The van der Waals surface area contributed by atoms with Crippen molar-refractivity contribution in [2.24, 2.45) is 0 Å². The van der Waals surface area contributed by atoms with E-state index >= 15 is 0 Å². The molecule has 1 aliphatic heterocycles. The lowest BCUT2D eigenvalue weighted by Gasteiger charge is -2.12. The first-order chi connectivity index (χ1) is 36.8. The molecule has 0 amide bonds. The molecule has 22 heteroatoms. The number of hydrogen-bond acceptors (Lipinski definition) is 21. The standard InChI is InChI=1S/C54H40N2O18S2/c1-4-44(57)66-29-8-9-30-67-54(64)71-40-25-19-34(20-26-40)49(60)70-39-23-17-36(18-24-39)51(62)73-43-28-27-42(46-47(43)76-53(75-46)41(32-55)56-3)72-50(61)35-15-21-38(22-16-35)69-48(59)33-11-13-37(14-12-33)52(63)74-68-31-7-6-10-45(58)65-5-2/h4-5,11-28H,1-2,6-10,29-31H2/b53-41+. The van der Waals surface area contributed by atoms with E-state index in [-0.39, 0.29) is 103 Å². The van der Waals surface area contributed by atoms with Gasteiger partial charge in [-0.05, 0) is 135 Å². The monoisotopic (exact) mass is 1070 g/mol. The normalized spacial score (nSPS) is 11.7. The van der Waals surface area contributed by atoms with Gasteiger partial charge in [0.05, 0.1) is 80.6 Å². The zero-order valence-electron chi connectivity index (χ0n) is 39.7. The van der Waals surface area contributed by atoms with E-state index in [0.29, 0.717) is 25.7 Å². The highest BCUT2D eigenvalue weighted by atomic mass is 32.2. The molecule has 1 heterocycles. The second-order valence-corrected chi connectivity index (χ2v) is 17.4. The Morgan fingerprint density at radius 1 is 0.539 bits per heavy atom. The smallest absolute Gasteiger partial charge is 0.463 e. The molecule has 1 aliphatic rings. The predicted octanol–water partition coefficient (Wildman–Crippen LogP) is 10.3. The van der Waals surface area contributed by atoms with Crippen LogP contribution in [-0.2, 0) is 33.6 Å². The number of fused-ring (bicyclic) bond motifs is 1. The number of unbranched alkanes of at least 4 members (excludes halogenated alkanes) is 2. The highest BCUT2D eigenvalue weighted by Crippen LogP contribution is 2.59. The fourth-order valence-electron chi connectivity index (χ4n) is 6.11. The maximum absolute atomic E-state index is 13.4. The zero-order valence-corrected chi connectivity index (χ0v) is 41.3.